The van der Waals surface area contributed by atoms with Crippen LogP contribution < -0.4 is 20.1 Å². The first-order valence-corrected chi connectivity index (χ1v) is 8.04. The molecule has 5 nitrogen and oxygen atoms in total. The fourth-order valence-corrected chi connectivity index (χ4v) is 2.86. The number of hydrogen-bond acceptors (Lipinski definition) is 4. The van der Waals surface area contributed by atoms with Crippen LogP contribution in [0.25, 0.3) is 0 Å². The summed E-state index contributed by atoms with van der Waals surface area (Å²) in [6.45, 7) is 2.89. The highest BCUT2D eigenvalue weighted by Gasteiger charge is 2.22. The molecule has 1 atom stereocenters. The van der Waals surface area contributed by atoms with Gasteiger partial charge >= 0.3 is 0 Å². The molecular formula is C19H22N2O3. The van der Waals surface area contributed by atoms with Crippen molar-refractivity contribution in [3.63, 3.8) is 0 Å². The molecule has 5 heteroatoms. The summed E-state index contributed by atoms with van der Waals surface area (Å²) >= 11 is 0. The molecule has 24 heavy (non-hydrogen) atoms. The lowest BCUT2D eigenvalue weighted by atomic mass is 10.0. The van der Waals surface area contributed by atoms with Crippen molar-refractivity contribution >= 4 is 11.6 Å². The number of hydrogen-bond donors (Lipinski definition) is 2. The number of carbonyl (C=O) groups is 1. The summed E-state index contributed by atoms with van der Waals surface area (Å²) in [6, 6.07) is 14.1. The van der Waals surface area contributed by atoms with E-state index in [2.05, 4.69) is 16.7 Å². The Morgan fingerprint density at radius 3 is 2.75 bits per heavy atom. The van der Waals surface area contributed by atoms with Gasteiger partial charge in [0.15, 0.2) is 11.5 Å². The molecule has 126 valence electrons. The zero-order valence-corrected chi connectivity index (χ0v) is 14.0. The van der Waals surface area contributed by atoms with Gasteiger partial charge in [0.25, 0.3) is 0 Å². The van der Waals surface area contributed by atoms with E-state index < -0.39 is 0 Å². The van der Waals surface area contributed by atoms with Crippen molar-refractivity contribution in [3.05, 3.63) is 53.6 Å². The average Bonchev–Trinajstić information content (AvgIpc) is 2.60. The molecule has 0 aliphatic carbocycles. The Morgan fingerprint density at radius 1 is 1.25 bits per heavy atom. The molecule has 0 bridgehead atoms. The van der Waals surface area contributed by atoms with Crippen LogP contribution in [0.15, 0.2) is 42.5 Å². The van der Waals surface area contributed by atoms with E-state index in [1.54, 1.807) is 7.11 Å². The maximum atomic E-state index is 11.0. The van der Waals surface area contributed by atoms with E-state index in [4.69, 9.17) is 9.47 Å². The topological polar surface area (TPSA) is 59.6 Å². The van der Waals surface area contributed by atoms with E-state index in [0.717, 1.165) is 30.2 Å². The van der Waals surface area contributed by atoms with Gasteiger partial charge in [0.1, 0.15) is 6.61 Å². The van der Waals surface area contributed by atoms with E-state index in [9.17, 15) is 4.79 Å². The molecule has 2 N–H and O–H groups in total. The smallest absolute Gasteiger partial charge is 0.221 e. The first-order valence-electron chi connectivity index (χ1n) is 8.04. The summed E-state index contributed by atoms with van der Waals surface area (Å²) in [5.74, 6) is 1.59. The number of rotatable bonds is 5. The first kappa shape index (κ1) is 16.3. The fourth-order valence-electron chi connectivity index (χ4n) is 2.86. The van der Waals surface area contributed by atoms with Crippen molar-refractivity contribution in [2.24, 2.45) is 0 Å². The predicted molar refractivity (Wildman–Crippen MR) is 93.6 cm³/mol. The molecule has 0 aromatic heterocycles. The van der Waals surface area contributed by atoms with Crippen LogP contribution >= 0.6 is 0 Å². The number of fused-ring (bicyclic) bond motifs is 1. The van der Waals surface area contributed by atoms with Gasteiger partial charge in [-0.3, -0.25) is 4.79 Å². The van der Waals surface area contributed by atoms with Gasteiger partial charge in [0.05, 0.1) is 7.11 Å². The second-order valence-electron chi connectivity index (χ2n) is 5.92. The summed E-state index contributed by atoms with van der Waals surface area (Å²) in [6.07, 6.45) is 0.913. The van der Waals surface area contributed by atoms with Gasteiger partial charge in [-0.2, -0.15) is 0 Å². The van der Waals surface area contributed by atoms with Crippen molar-refractivity contribution in [2.75, 3.05) is 19.0 Å². The summed E-state index contributed by atoms with van der Waals surface area (Å²) in [5.41, 5.74) is 3.15. The minimum atomic E-state index is -0.0608. The molecule has 0 fully saturated rings. The van der Waals surface area contributed by atoms with Crippen LogP contribution in [0.1, 0.15) is 18.1 Å². The second kappa shape index (κ2) is 7.36. The van der Waals surface area contributed by atoms with Crippen LogP contribution in [-0.2, 0) is 17.8 Å². The fraction of sp³-hybridized carbons (Fsp3) is 0.316. The Kier molecular flexibility index (Phi) is 5.01. The number of benzene rings is 2. The van der Waals surface area contributed by atoms with Gasteiger partial charge in [0, 0.05) is 25.2 Å². The predicted octanol–water partition coefficient (Wildman–Crippen LogP) is 2.75. The summed E-state index contributed by atoms with van der Waals surface area (Å²) < 4.78 is 11.2. The zero-order valence-electron chi connectivity index (χ0n) is 14.0. The molecule has 0 saturated heterocycles. The minimum absolute atomic E-state index is 0.0608. The lowest BCUT2D eigenvalue weighted by molar-refractivity contribution is -0.114. The van der Waals surface area contributed by atoms with Crippen molar-refractivity contribution in [2.45, 2.75) is 25.9 Å². The molecule has 2 aromatic rings. The average molecular weight is 326 g/mol. The maximum Gasteiger partial charge on any atom is 0.221 e. The van der Waals surface area contributed by atoms with E-state index >= 15 is 0 Å². The Balaban J connectivity index is 1.57. The van der Waals surface area contributed by atoms with Gasteiger partial charge in [-0.25, -0.2) is 0 Å². The third kappa shape index (κ3) is 3.86. The Labute approximate surface area is 142 Å². The van der Waals surface area contributed by atoms with Crippen molar-refractivity contribution in [1.82, 2.24) is 5.32 Å². The van der Waals surface area contributed by atoms with Gasteiger partial charge < -0.3 is 20.1 Å². The molecule has 1 heterocycles. The summed E-state index contributed by atoms with van der Waals surface area (Å²) in [4.78, 5) is 11.0. The van der Waals surface area contributed by atoms with Crippen LogP contribution in [0, 0.1) is 0 Å². The molecule has 2 aromatic carbocycles. The number of carbonyl (C=O) groups excluding carboxylic acids is 1. The normalized spacial score (nSPS) is 16.0. The molecule has 1 aliphatic heterocycles. The standard InChI is InChI=1S/C19H22N2O3/c1-13(22)21-16-8-6-14(7-9-16)11-20-17-10-15-4-3-5-18(23-2)19(15)24-12-17/h3-9,17,20H,10-12H2,1-2H3,(H,21,22)/t17-/m0/s1. The highest BCUT2D eigenvalue weighted by Crippen LogP contribution is 2.34. The van der Waals surface area contributed by atoms with Crippen molar-refractivity contribution in [3.8, 4) is 11.5 Å². The van der Waals surface area contributed by atoms with Crippen molar-refractivity contribution < 1.29 is 14.3 Å². The molecule has 1 aliphatic rings. The van der Waals surface area contributed by atoms with Crippen LogP contribution in [0.5, 0.6) is 11.5 Å². The van der Waals surface area contributed by atoms with Crippen LogP contribution in [-0.4, -0.2) is 25.7 Å². The number of para-hydroxylation sites is 1. The van der Waals surface area contributed by atoms with Crippen LogP contribution in [0.4, 0.5) is 5.69 Å². The number of anilines is 1. The van der Waals surface area contributed by atoms with E-state index in [1.165, 1.54) is 18.1 Å². The Hall–Kier alpha value is -2.53. The maximum absolute atomic E-state index is 11.0. The second-order valence-corrected chi connectivity index (χ2v) is 5.92. The van der Waals surface area contributed by atoms with Crippen LogP contribution in [0.2, 0.25) is 0 Å². The number of amides is 1. The highest BCUT2D eigenvalue weighted by atomic mass is 16.5. The number of nitrogens with one attached hydrogen (secondary N) is 2. The largest absolute Gasteiger partial charge is 0.493 e. The van der Waals surface area contributed by atoms with Gasteiger partial charge in [-0.1, -0.05) is 24.3 Å². The lowest BCUT2D eigenvalue weighted by Gasteiger charge is -2.27. The van der Waals surface area contributed by atoms with Crippen molar-refractivity contribution in [1.29, 1.82) is 0 Å². The zero-order chi connectivity index (χ0) is 16.9. The minimum Gasteiger partial charge on any atom is -0.493 e. The first-order chi connectivity index (χ1) is 11.7. The van der Waals surface area contributed by atoms with Gasteiger partial charge in [-0.15, -0.1) is 0 Å². The number of methoxy groups -OCH3 is 1. The summed E-state index contributed by atoms with van der Waals surface area (Å²) in [5, 5.41) is 6.29. The van der Waals surface area contributed by atoms with E-state index in [0.29, 0.717) is 6.61 Å². The van der Waals surface area contributed by atoms with Gasteiger partial charge in [-0.05, 0) is 35.7 Å². The van der Waals surface area contributed by atoms with Gasteiger partial charge in [0.2, 0.25) is 5.91 Å². The third-order valence-electron chi connectivity index (χ3n) is 4.04. The Bertz CT molecular complexity index is 713. The van der Waals surface area contributed by atoms with E-state index in [1.807, 2.05) is 36.4 Å². The quantitative estimate of drug-likeness (QED) is 0.887. The lowest BCUT2D eigenvalue weighted by Crippen LogP contribution is -2.38. The Morgan fingerprint density at radius 2 is 2.04 bits per heavy atom. The number of ether oxygens (including phenoxy) is 2. The monoisotopic (exact) mass is 326 g/mol. The molecule has 1 amide bonds. The molecule has 3 rings (SSSR count). The third-order valence-corrected chi connectivity index (χ3v) is 4.04. The van der Waals surface area contributed by atoms with E-state index in [-0.39, 0.29) is 11.9 Å². The summed E-state index contributed by atoms with van der Waals surface area (Å²) in [7, 11) is 1.66. The molecule has 0 unspecified atom stereocenters. The SMILES string of the molecule is COc1cccc2c1OC[C@@H](NCc1ccc(NC(C)=O)cc1)C2. The van der Waals surface area contributed by atoms with Crippen LogP contribution in [0.3, 0.4) is 0 Å². The highest BCUT2D eigenvalue weighted by molar-refractivity contribution is 5.88. The molecular weight excluding hydrogens is 304 g/mol. The molecule has 0 spiro atoms. The molecule has 0 saturated carbocycles. The molecule has 0 radical (unpaired) electrons.